The Labute approximate surface area is 102 Å². The van der Waals surface area contributed by atoms with Crippen molar-refractivity contribution >= 4 is 27.7 Å². The Morgan fingerprint density at radius 1 is 1.47 bits per heavy atom. The van der Waals surface area contributed by atoms with Crippen LogP contribution in [0.15, 0.2) is 9.27 Å². The highest BCUT2D eigenvalue weighted by molar-refractivity contribution is 9.10. The highest BCUT2D eigenvalue weighted by Crippen LogP contribution is 2.25. The topological polar surface area (TPSA) is 45.8 Å². The van der Waals surface area contributed by atoms with E-state index in [9.17, 15) is 4.79 Å². The van der Waals surface area contributed by atoms with Crippen molar-refractivity contribution in [3.63, 3.8) is 0 Å². The Morgan fingerprint density at radius 3 is 2.53 bits per heavy atom. The van der Waals surface area contributed by atoms with E-state index >= 15 is 0 Å². The van der Waals surface area contributed by atoms with Gasteiger partial charge in [-0.1, -0.05) is 20.8 Å². The minimum atomic E-state index is -0.125. The number of hydrogen-bond acceptors (Lipinski definition) is 3. The first kappa shape index (κ1) is 12.8. The molecule has 0 fully saturated rings. The maximum Gasteiger partial charge on any atom is 0.265 e. The summed E-state index contributed by atoms with van der Waals surface area (Å²) in [5, 5.41) is 0. The maximum atomic E-state index is 11.6. The third kappa shape index (κ3) is 3.08. The second-order valence-electron chi connectivity index (χ2n) is 4.36. The van der Waals surface area contributed by atoms with Crippen molar-refractivity contribution in [2.24, 2.45) is 0 Å². The Balaban J connectivity index is 3.32. The van der Waals surface area contributed by atoms with Gasteiger partial charge < -0.3 is 4.98 Å². The average Bonchev–Trinajstić information content (AvgIpc) is 2.09. The molecule has 1 aromatic heterocycles. The van der Waals surface area contributed by atoms with E-state index in [1.165, 1.54) is 0 Å². The van der Waals surface area contributed by atoms with Crippen LogP contribution in [0.25, 0.3) is 0 Å². The zero-order chi connectivity index (χ0) is 11.6. The van der Waals surface area contributed by atoms with Gasteiger partial charge in [-0.3, -0.25) is 4.79 Å². The van der Waals surface area contributed by atoms with Crippen LogP contribution in [0, 0.1) is 0 Å². The van der Waals surface area contributed by atoms with Gasteiger partial charge in [-0.25, -0.2) is 4.98 Å². The highest BCUT2D eigenvalue weighted by atomic mass is 79.9. The van der Waals surface area contributed by atoms with Gasteiger partial charge in [0.15, 0.2) is 0 Å². The van der Waals surface area contributed by atoms with E-state index in [0.29, 0.717) is 4.47 Å². The molecule has 0 saturated carbocycles. The van der Waals surface area contributed by atoms with Crippen LogP contribution in [-0.2, 0) is 11.2 Å². The first-order valence-electron chi connectivity index (χ1n) is 4.64. The van der Waals surface area contributed by atoms with Crippen molar-refractivity contribution in [2.75, 3.05) is 6.26 Å². The summed E-state index contributed by atoms with van der Waals surface area (Å²) in [6.45, 7) is 6.13. The lowest BCUT2D eigenvalue weighted by Gasteiger charge is -2.19. The molecule has 5 heteroatoms. The SMILES string of the molecule is CSCc1nc(C(C)(C)C)c(Br)c(=O)[nH]1. The molecule has 0 saturated heterocycles. The number of aromatic amines is 1. The van der Waals surface area contributed by atoms with Crippen molar-refractivity contribution < 1.29 is 0 Å². The first-order chi connectivity index (χ1) is 6.86. The van der Waals surface area contributed by atoms with Gasteiger partial charge in [0.05, 0.1) is 11.4 Å². The van der Waals surface area contributed by atoms with E-state index in [1.54, 1.807) is 11.8 Å². The Bertz CT molecular complexity index is 409. The van der Waals surface area contributed by atoms with E-state index in [0.717, 1.165) is 17.3 Å². The van der Waals surface area contributed by atoms with E-state index in [-0.39, 0.29) is 11.0 Å². The number of nitrogens with one attached hydrogen (secondary N) is 1. The molecule has 0 unspecified atom stereocenters. The van der Waals surface area contributed by atoms with Crippen LogP contribution in [0.4, 0.5) is 0 Å². The van der Waals surface area contributed by atoms with E-state index in [2.05, 4.69) is 25.9 Å². The molecule has 1 N–H and O–H groups in total. The van der Waals surface area contributed by atoms with Crippen molar-refractivity contribution in [3.05, 3.63) is 26.3 Å². The molecule has 0 amide bonds. The molecule has 0 radical (unpaired) electrons. The number of thioether (sulfide) groups is 1. The largest absolute Gasteiger partial charge is 0.309 e. The Morgan fingerprint density at radius 2 is 2.07 bits per heavy atom. The second-order valence-corrected chi connectivity index (χ2v) is 6.02. The summed E-state index contributed by atoms with van der Waals surface area (Å²) in [5.74, 6) is 1.46. The molecule has 84 valence electrons. The molecule has 0 aliphatic heterocycles. The summed E-state index contributed by atoms with van der Waals surface area (Å²) in [4.78, 5) is 18.9. The summed E-state index contributed by atoms with van der Waals surface area (Å²) < 4.78 is 0.542. The van der Waals surface area contributed by atoms with Crippen LogP contribution < -0.4 is 5.56 Å². The molecule has 3 nitrogen and oxygen atoms in total. The fourth-order valence-corrected chi connectivity index (χ4v) is 2.40. The lowest BCUT2D eigenvalue weighted by Crippen LogP contribution is -2.23. The summed E-state index contributed by atoms with van der Waals surface area (Å²) in [5.41, 5.74) is 0.592. The van der Waals surface area contributed by atoms with Gasteiger partial charge in [-0.2, -0.15) is 11.8 Å². The fourth-order valence-electron chi connectivity index (χ4n) is 1.21. The van der Waals surface area contributed by atoms with E-state index < -0.39 is 0 Å². The minimum absolute atomic E-state index is 0.0982. The number of aromatic nitrogens is 2. The quantitative estimate of drug-likeness (QED) is 0.911. The third-order valence-corrected chi connectivity index (χ3v) is 3.20. The first-order valence-corrected chi connectivity index (χ1v) is 6.83. The molecule has 0 aliphatic rings. The monoisotopic (exact) mass is 290 g/mol. The molecule has 0 atom stereocenters. The predicted molar refractivity (Wildman–Crippen MR) is 68.5 cm³/mol. The van der Waals surface area contributed by atoms with Crippen molar-refractivity contribution in [3.8, 4) is 0 Å². The normalized spacial score (nSPS) is 11.8. The van der Waals surface area contributed by atoms with Gasteiger partial charge in [-0.15, -0.1) is 0 Å². The summed E-state index contributed by atoms with van der Waals surface area (Å²) in [6.07, 6.45) is 1.98. The molecule has 1 aromatic rings. The molecular weight excluding hydrogens is 276 g/mol. The zero-order valence-electron chi connectivity index (χ0n) is 9.35. The van der Waals surface area contributed by atoms with Gasteiger partial charge in [0.1, 0.15) is 10.3 Å². The number of rotatable bonds is 2. The van der Waals surface area contributed by atoms with Crippen LogP contribution in [-0.4, -0.2) is 16.2 Å². The van der Waals surface area contributed by atoms with Crippen molar-refractivity contribution in [1.82, 2.24) is 9.97 Å². The standard InChI is InChI=1S/C10H15BrN2OS/c1-10(2,3)8-7(11)9(14)13-6(12-8)5-15-4/h5H2,1-4H3,(H,12,13,14). The molecule has 0 spiro atoms. The summed E-state index contributed by atoms with van der Waals surface area (Å²) in [6, 6.07) is 0. The van der Waals surface area contributed by atoms with Crippen LogP contribution in [0.1, 0.15) is 32.3 Å². The zero-order valence-corrected chi connectivity index (χ0v) is 11.8. The second kappa shape index (κ2) is 4.70. The molecule has 1 heterocycles. The van der Waals surface area contributed by atoms with Crippen molar-refractivity contribution in [2.45, 2.75) is 31.9 Å². The van der Waals surface area contributed by atoms with Crippen molar-refractivity contribution in [1.29, 1.82) is 0 Å². The van der Waals surface area contributed by atoms with Gasteiger partial charge in [0.25, 0.3) is 5.56 Å². The molecule has 15 heavy (non-hydrogen) atoms. The number of nitrogens with zero attached hydrogens (tertiary/aromatic N) is 1. The number of hydrogen-bond donors (Lipinski definition) is 1. The van der Waals surface area contributed by atoms with E-state index in [1.807, 2.05) is 27.0 Å². The van der Waals surface area contributed by atoms with Gasteiger partial charge >= 0.3 is 0 Å². The predicted octanol–water partition coefficient (Wildman–Crippen LogP) is 2.69. The molecule has 0 aliphatic carbocycles. The lowest BCUT2D eigenvalue weighted by molar-refractivity contribution is 0.558. The number of H-pyrrole nitrogens is 1. The summed E-state index contributed by atoms with van der Waals surface area (Å²) >= 11 is 4.93. The van der Waals surface area contributed by atoms with Crippen LogP contribution in [0.5, 0.6) is 0 Å². The summed E-state index contributed by atoms with van der Waals surface area (Å²) in [7, 11) is 0. The molecule has 1 rings (SSSR count). The third-order valence-electron chi connectivity index (χ3n) is 1.90. The maximum absolute atomic E-state index is 11.6. The van der Waals surface area contributed by atoms with Crippen LogP contribution in [0.3, 0.4) is 0 Å². The van der Waals surface area contributed by atoms with Gasteiger partial charge in [0.2, 0.25) is 0 Å². The van der Waals surface area contributed by atoms with Gasteiger partial charge in [0, 0.05) is 5.41 Å². The highest BCUT2D eigenvalue weighted by Gasteiger charge is 2.21. The molecule has 0 bridgehead atoms. The Hall–Kier alpha value is -0.290. The van der Waals surface area contributed by atoms with Crippen LogP contribution in [0.2, 0.25) is 0 Å². The smallest absolute Gasteiger partial charge is 0.265 e. The average molecular weight is 291 g/mol. The minimum Gasteiger partial charge on any atom is -0.309 e. The van der Waals surface area contributed by atoms with Crippen LogP contribution >= 0.6 is 27.7 Å². The number of halogens is 1. The molecule has 0 aromatic carbocycles. The van der Waals surface area contributed by atoms with E-state index in [4.69, 9.17) is 0 Å². The fraction of sp³-hybridized carbons (Fsp3) is 0.600. The van der Waals surface area contributed by atoms with Gasteiger partial charge in [-0.05, 0) is 22.2 Å². The lowest BCUT2D eigenvalue weighted by atomic mass is 9.92. The molecular formula is C10H15BrN2OS. The Kier molecular flexibility index (Phi) is 4.00.